The zero-order chi connectivity index (χ0) is 21.8. The van der Waals surface area contributed by atoms with Gasteiger partial charge < -0.3 is 21.3 Å². The number of carbonyl (C=O) groups excluding carboxylic acids is 1. The second kappa shape index (κ2) is 13.7. The summed E-state index contributed by atoms with van der Waals surface area (Å²) >= 11 is 0. The molecule has 0 aromatic heterocycles. The van der Waals surface area contributed by atoms with Crippen molar-refractivity contribution in [2.45, 2.75) is 24.9 Å². The second-order valence-electron chi connectivity index (χ2n) is 6.11. The summed E-state index contributed by atoms with van der Waals surface area (Å²) in [6, 6.07) is 16.2. The van der Waals surface area contributed by atoms with Crippen LogP contribution in [-0.2, 0) is 27.2 Å². The van der Waals surface area contributed by atoms with E-state index in [4.69, 9.17) is 27.1 Å². The van der Waals surface area contributed by atoms with E-state index >= 15 is 0 Å². The zero-order valence-corrected chi connectivity index (χ0v) is 17.1. The molecule has 9 heteroatoms. The summed E-state index contributed by atoms with van der Waals surface area (Å²) in [5.41, 5.74) is 13.6. The van der Waals surface area contributed by atoms with Crippen LogP contribution in [0.2, 0.25) is 0 Å². The van der Waals surface area contributed by atoms with Gasteiger partial charge in [0.2, 0.25) is 0 Å². The maximum absolute atomic E-state index is 11.1. The molecule has 158 valence electrons. The van der Waals surface area contributed by atoms with E-state index in [1.165, 1.54) is 7.11 Å². The van der Waals surface area contributed by atoms with E-state index in [9.17, 15) is 9.59 Å². The number of esters is 1. The molecule has 5 N–H and O–H groups in total. The van der Waals surface area contributed by atoms with E-state index in [-0.39, 0.29) is 18.8 Å². The third kappa shape index (κ3) is 9.18. The van der Waals surface area contributed by atoms with Crippen LogP contribution < -0.4 is 11.5 Å². The van der Waals surface area contributed by atoms with Crippen LogP contribution in [0.4, 0.5) is 0 Å². The fourth-order valence-corrected chi connectivity index (χ4v) is 2.37. The summed E-state index contributed by atoms with van der Waals surface area (Å²) in [7, 11) is 1.30. The number of nitrogens with two attached hydrogens (primary N) is 2. The fraction of sp³-hybridized carbons (Fsp3) is 0.238. The Balaban J connectivity index is 0.000000544. The van der Waals surface area contributed by atoms with Crippen molar-refractivity contribution in [3.05, 3.63) is 70.8 Å². The quantitative estimate of drug-likeness (QED) is 0.580. The molecule has 2 rings (SSSR count). The van der Waals surface area contributed by atoms with Gasteiger partial charge in [0, 0.05) is 0 Å². The Kier molecular flexibility index (Phi) is 12.1. The van der Waals surface area contributed by atoms with Gasteiger partial charge >= 0.3 is 11.9 Å². The third-order valence-corrected chi connectivity index (χ3v) is 3.84. The minimum Gasteiger partial charge on any atom is -0.480 e. The average Bonchev–Trinajstić information content (AvgIpc) is 2.73. The van der Waals surface area contributed by atoms with Gasteiger partial charge in [-0.15, -0.1) is 12.4 Å². The topological polar surface area (TPSA) is 163 Å². The van der Waals surface area contributed by atoms with Gasteiger partial charge in [-0.05, 0) is 48.2 Å². The van der Waals surface area contributed by atoms with Gasteiger partial charge in [0.1, 0.15) is 12.1 Å². The number of carboxylic acids is 1. The molecule has 0 unspecified atom stereocenters. The third-order valence-electron chi connectivity index (χ3n) is 3.84. The number of nitriles is 2. The Morgan fingerprint density at radius 1 is 0.967 bits per heavy atom. The van der Waals surface area contributed by atoms with E-state index in [0.29, 0.717) is 17.5 Å². The van der Waals surface area contributed by atoms with Gasteiger partial charge in [0.05, 0.1) is 30.4 Å². The Morgan fingerprint density at radius 3 is 1.77 bits per heavy atom. The summed E-state index contributed by atoms with van der Waals surface area (Å²) in [4.78, 5) is 21.5. The maximum atomic E-state index is 11.1. The van der Waals surface area contributed by atoms with E-state index in [1.54, 1.807) is 42.5 Å². The molecule has 0 aliphatic carbocycles. The number of methoxy groups -OCH3 is 1. The number of carboxylic acid groups (broad SMARTS) is 1. The van der Waals surface area contributed by atoms with Crippen LogP contribution in [-0.4, -0.2) is 36.2 Å². The number of hydrogen-bond donors (Lipinski definition) is 3. The highest BCUT2D eigenvalue weighted by Gasteiger charge is 2.14. The molecule has 0 fully saturated rings. The molecule has 0 saturated carbocycles. The highest BCUT2D eigenvalue weighted by molar-refractivity contribution is 5.85. The van der Waals surface area contributed by atoms with Crippen molar-refractivity contribution in [2.24, 2.45) is 11.5 Å². The summed E-state index contributed by atoms with van der Waals surface area (Å²) in [6.45, 7) is 0. The smallest absolute Gasteiger partial charge is 0.322 e. The maximum Gasteiger partial charge on any atom is 0.322 e. The van der Waals surface area contributed by atoms with E-state index in [0.717, 1.165) is 11.1 Å². The first kappa shape index (κ1) is 26.6. The molecular weight excluding hydrogens is 408 g/mol. The van der Waals surface area contributed by atoms with Crippen LogP contribution >= 0.6 is 12.4 Å². The van der Waals surface area contributed by atoms with Gasteiger partial charge in [0.15, 0.2) is 0 Å². The molecule has 0 amide bonds. The van der Waals surface area contributed by atoms with Crippen molar-refractivity contribution in [3.8, 4) is 12.1 Å². The molecule has 0 radical (unpaired) electrons. The lowest BCUT2D eigenvalue weighted by atomic mass is 10.0. The molecule has 2 aromatic carbocycles. The van der Waals surface area contributed by atoms with Crippen molar-refractivity contribution in [1.82, 2.24) is 0 Å². The molecule has 0 heterocycles. The Morgan fingerprint density at radius 2 is 1.40 bits per heavy atom. The van der Waals surface area contributed by atoms with Crippen molar-refractivity contribution >= 4 is 24.3 Å². The summed E-state index contributed by atoms with van der Waals surface area (Å²) in [6.07, 6.45) is 0.618. The minimum atomic E-state index is -1.03. The molecule has 0 bridgehead atoms. The summed E-state index contributed by atoms with van der Waals surface area (Å²) in [5, 5.41) is 25.9. The van der Waals surface area contributed by atoms with Crippen molar-refractivity contribution < 1.29 is 19.4 Å². The first-order chi connectivity index (χ1) is 13.8. The van der Waals surface area contributed by atoms with E-state index in [1.807, 2.05) is 18.2 Å². The van der Waals surface area contributed by atoms with Crippen LogP contribution in [0.25, 0.3) is 0 Å². The Hall–Kier alpha value is -3.43. The van der Waals surface area contributed by atoms with Crippen LogP contribution in [0.5, 0.6) is 0 Å². The summed E-state index contributed by atoms with van der Waals surface area (Å²) < 4.78 is 4.51. The minimum absolute atomic E-state index is 0. The molecular formula is C21H23ClN4O4. The molecule has 0 aliphatic rings. The number of benzene rings is 2. The number of hydrogen-bond acceptors (Lipinski definition) is 7. The average molecular weight is 431 g/mol. The summed E-state index contributed by atoms with van der Waals surface area (Å²) in [5.74, 6) is -1.48. The fourth-order valence-electron chi connectivity index (χ4n) is 2.37. The van der Waals surface area contributed by atoms with Crippen LogP contribution in [0.3, 0.4) is 0 Å². The second-order valence-corrected chi connectivity index (χ2v) is 6.11. The lowest BCUT2D eigenvalue weighted by molar-refractivity contribution is -0.142. The van der Waals surface area contributed by atoms with Gasteiger partial charge in [-0.3, -0.25) is 9.59 Å². The first-order valence-electron chi connectivity index (χ1n) is 8.60. The monoisotopic (exact) mass is 430 g/mol. The van der Waals surface area contributed by atoms with Crippen molar-refractivity contribution in [3.63, 3.8) is 0 Å². The molecule has 8 nitrogen and oxygen atoms in total. The SMILES string of the molecule is COC(=O)[C@H](N)Cc1cccc(C#N)c1.Cl.N#Cc1cccc(C[C@@H](N)C(=O)O)c1. The number of carbonyl (C=O) groups is 2. The van der Waals surface area contributed by atoms with Gasteiger partial charge in [-0.2, -0.15) is 10.5 Å². The highest BCUT2D eigenvalue weighted by atomic mass is 35.5. The zero-order valence-electron chi connectivity index (χ0n) is 16.3. The van der Waals surface area contributed by atoms with Gasteiger partial charge in [-0.25, -0.2) is 0 Å². The molecule has 0 saturated heterocycles. The predicted octanol–water partition coefficient (Wildman–Crippen LogP) is 1.54. The highest BCUT2D eigenvalue weighted by Crippen LogP contribution is 2.07. The molecule has 2 aromatic rings. The standard InChI is InChI=1S/C11H12N2O2.C10H10N2O2.ClH/c1-15-11(14)10(13)6-8-3-2-4-9(5-8)7-12;11-6-8-3-1-2-7(4-8)5-9(12)10(13)14;/h2-5,10H,6,13H2,1H3;1-4,9H,5,12H2,(H,13,14);1H/t10-;9-;/m11./s1. The van der Waals surface area contributed by atoms with Gasteiger partial charge in [0.25, 0.3) is 0 Å². The lowest BCUT2D eigenvalue weighted by Gasteiger charge is -2.08. The molecule has 2 atom stereocenters. The van der Waals surface area contributed by atoms with E-state index < -0.39 is 24.0 Å². The normalized spacial score (nSPS) is 11.2. The first-order valence-corrected chi connectivity index (χ1v) is 8.60. The van der Waals surface area contributed by atoms with Crippen molar-refractivity contribution in [1.29, 1.82) is 10.5 Å². The lowest BCUT2D eigenvalue weighted by Crippen LogP contribution is -2.33. The van der Waals surface area contributed by atoms with Crippen LogP contribution in [0, 0.1) is 22.7 Å². The van der Waals surface area contributed by atoms with Crippen LogP contribution in [0.1, 0.15) is 22.3 Å². The number of halogens is 1. The van der Waals surface area contributed by atoms with Crippen LogP contribution in [0.15, 0.2) is 48.5 Å². The predicted molar refractivity (Wildman–Crippen MR) is 113 cm³/mol. The Bertz CT molecular complexity index is 937. The Labute approximate surface area is 181 Å². The number of nitrogens with zero attached hydrogens (tertiary/aromatic N) is 2. The van der Waals surface area contributed by atoms with Gasteiger partial charge in [-0.1, -0.05) is 24.3 Å². The largest absolute Gasteiger partial charge is 0.480 e. The number of rotatable bonds is 6. The number of aliphatic carboxylic acids is 1. The van der Waals surface area contributed by atoms with E-state index in [2.05, 4.69) is 4.74 Å². The molecule has 0 aliphatic heterocycles. The van der Waals surface area contributed by atoms with Crippen molar-refractivity contribution in [2.75, 3.05) is 7.11 Å². The number of ether oxygens (including phenoxy) is 1. The molecule has 30 heavy (non-hydrogen) atoms. The molecule has 0 spiro atoms.